The van der Waals surface area contributed by atoms with E-state index in [2.05, 4.69) is 10.3 Å². The molecule has 0 aliphatic heterocycles. The third kappa shape index (κ3) is 3.29. The molecule has 100 valence electrons. The molecule has 0 spiro atoms. The van der Waals surface area contributed by atoms with E-state index in [1.165, 1.54) is 17.8 Å². The van der Waals surface area contributed by atoms with Gasteiger partial charge in [0, 0.05) is 18.0 Å². The van der Waals surface area contributed by atoms with Crippen LogP contribution in [0.2, 0.25) is 0 Å². The Bertz CT molecular complexity index is 372. The number of aromatic nitrogens is 1. The first kappa shape index (κ1) is 13.5. The number of nitrogens with one attached hydrogen (secondary N) is 1. The molecule has 2 rings (SSSR count). The van der Waals surface area contributed by atoms with Crippen LogP contribution in [0.4, 0.5) is 0 Å². The molecule has 1 aliphatic carbocycles. The van der Waals surface area contributed by atoms with E-state index in [4.69, 9.17) is 5.11 Å². The molecule has 0 aromatic carbocycles. The zero-order chi connectivity index (χ0) is 12.8. The number of unbranched alkanes of at least 4 members (excludes halogenated alkanes) is 1. The number of carboxylic acids is 1. The topological polar surface area (TPSA) is 62.2 Å². The molecule has 0 unspecified atom stereocenters. The average Bonchev–Trinajstić information content (AvgIpc) is 2.99. The lowest BCUT2D eigenvalue weighted by atomic mass is 9.98. The van der Waals surface area contributed by atoms with Gasteiger partial charge in [0.2, 0.25) is 0 Å². The van der Waals surface area contributed by atoms with Gasteiger partial charge in [-0.25, -0.2) is 4.98 Å². The third-order valence-electron chi connectivity index (χ3n) is 3.58. The maximum absolute atomic E-state index is 10.4. The molecule has 4 nitrogen and oxygen atoms in total. The monoisotopic (exact) mass is 268 g/mol. The van der Waals surface area contributed by atoms with Gasteiger partial charge in [-0.15, -0.1) is 11.3 Å². The lowest BCUT2D eigenvalue weighted by Gasteiger charge is -2.28. The van der Waals surface area contributed by atoms with Gasteiger partial charge in [-0.2, -0.15) is 0 Å². The minimum absolute atomic E-state index is 0.0669. The lowest BCUT2D eigenvalue weighted by Crippen LogP contribution is -2.40. The second kappa shape index (κ2) is 6.29. The first-order chi connectivity index (χ1) is 8.73. The van der Waals surface area contributed by atoms with Crippen LogP contribution in [0.25, 0.3) is 0 Å². The fourth-order valence-corrected chi connectivity index (χ4v) is 3.51. The largest absolute Gasteiger partial charge is 0.481 e. The third-order valence-corrected chi connectivity index (χ3v) is 4.56. The number of rotatable bonds is 7. The van der Waals surface area contributed by atoms with Crippen molar-refractivity contribution in [2.24, 2.45) is 0 Å². The summed E-state index contributed by atoms with van der Waals surface area (Å²) in [6, 6.07) is 0. The summed E-state index contributed by atoms with van der Waals surface area (Å²) < 4.78 is 0. The maximum Gasteiger partial charge on any atom is 0.303 e. The molecule has 5 heteroatoms. The van der Waals surface area contributed by atoms with Crippen molar-refractivity contribution in [2.45, 2.75) is 50.5 Å². The molecule has 1 aromatic rings. The molecule has 0 bridgehead atoms. The molecule has 1 aromatic heterocycles. The van der Waals surface area contributed by atoms with Gasteiger partial charge >= 0.3 is 5.97 Å². The lowest BCUT2D eigenvalue weighted by molar-refractivity contribution is -0.137. The number of nitrogens with zero attached hydrogens (tertiary/aromatic N) is 1. The van der Waals surface area contributed by atoms with Crippen LogP contribution in [0.15, 0.2) is 11.6 Å². The number of hydrogen-bond donors (Lipinski definition) is 2. The summed E-state index contributed by atoms with van der Waals surface area (Å²) in [7, 11) is 0. The van der Waals surface area contributed by atoms with Gasteiger partial charge in [-0.05, 0) is 32.2 Å². The SMILES string of the molecule is O=C(O)CCCCNC1(c2nccs2)CCCC1. The Morgan fingerprint density at radius 1 is 1.44 bits per heavy atom. The minimum Gasteiger partial charge on any atom is -0.481 e. The van der Waals surface area contributed by atoms with Gasteiger partial charge in [0.15, 0.2) is 0 Å². The van der Waals surface area contributed by atoms with Crippen LogP contribution in [0, 0.1) is 0 Å². The first-order valence-corrected chi connectivity index (χ1v) is 7.48. The first-order valence-electron chi connectivity index (χ1n) is 6.60. The van der Waals surface area contributed by atoms with E-state index in [9.17, 15) is 4.79 Å². The smallest absolute Gasteiger partial charge is 0.303 e. The fraction of sp³-hybridized carbons (Fsp3) is 0.692. The fourth-order valence-electron chi connectivity index (χ4n) is 2.63. The normalized spacial score (nSPS) is 18.0. The molecule has 1 heterocycles. The van der Waals surface area contributed by atoms with Crippen molar-refractivity contribution in [1.29, 1.82) is 0 Å². The molecular formula is C13H20N2O2S. The highest BCUT2D eigenvalue weighted by atomic mass is 32.1. The number of carbonyl (C=O) groups is 1. The molecule has 1 saturated carbocycles. The van der Waals surface area contributed by atoms with Gasteiger partial charge in [0.25, 0.3) is 0 Å². The van der Waals surface area contributed by atoms with Gasteiger partial charge in [-0.1, -0.05) is 12.8 Å². The average molecular weight is 268 g/mol. The Kier molecular flexibility index (Phi) is 4.72. The molecule has 0 amide bonds. The summed E-state index contributed by atoms with van der Waals surface area (Å²) in [6.45, 7) is 0.882. The molecule has 18 heavy (non-hydrogen) atoms. The van der Waals surface area contributed by atoms with E-state index in [1.807, 2.05) is 11.6 Å². The van der Waals surface area contributed by atoms with Crippen molar-refractivity contribution in [3.63, 3.8) is 0 Å². The predicted molar refractivity (Wildman–Crippen MR) is 71.7 cm³/mol. The van der Waals surface area contributed by atoms with E-state index in [1.54, 1.807) is 11.3 Å². The Morgan fingerprint density at radius 2 is 2.22 bits per heavy atom. The van der Waals surface area contributed by atoms with Gasteiger partial charge < -0.3 is 10.4 Å². The Morgan fingerprint density at radius 3 is 2.83 bits per heavy atom. The summed E-state index contributed by atoms with van der Waals surface area (Å²) in [5.74, 6) is -0.703. The molecule has 1 aliphatic rings. The predicted octanol–water partition coefficient (Wildman–Crippen LogP) is 2.76. The molecule has 0 saturated heterocycles. The highest BCUT2D eigenvalue weighted by molar-refractivity contribution is 7.09. The summed E-state index contributed by atoms with van der Waals surface area (Å²) in [6.07, 6.45) is 8.61. The molecule has 0 atom stereocenters. The highest BCUT2D eigenvalue weighted by Crippen LogP contribution is 2.39. The second-order valence-electron chi connectivity index (χ2n) is 4.90. The van der Waals surface area contributed by atoms with E-state index in [-0.39, 0.29) is 12.0 Å². The quantitative estimate of drug-likeness (QED) is 0.746. The van der Waals surface area contributed by atoms with Crippen LogP contribution in [0.5, 0.6) is 0 Å². The number of carboxylic acid groups (broad SMARTS) is 1. The summed E-state index contributed by atoms with van der Waals surface area (Å²) >= 11 is 1.72. The zero-order valence-electron chi connectivity index (χ0n) is 10.5. The minimum atomic E-state index is -0.703. The number of aliphatic carboxylic acids is 1. The maximum atomic E-state index is 10.4. The van der Waals surface area contributed by atoms with Crippen LogP contribution in [0.3, 0.4) is 0 Å². The van der Waals surface area contributed by atoms with Crippen molar-refractivity contribution >= 4 is 17.3 Å². The van der Waals surface area contributed by atoms with Crippen molar-refractivity contribution in [2.75, 3.05) is 6.54 Å². The second-order valence-corrected chi connectivity index (χ2v) is 5.80. The van der Waals surface area contributed by atoms with E-state index in [0.717, 1.165) is 32.2 Å². The van der Waals surface area contributed by atoms with E-state index < -0.39 is 5.97 Å². The van der Waals surface area contributed by atoms with Crippen LogP contribution in [-0.4, -0.2) is 22.6 Å². The molecule has 0 radical (unpaired) electrons. The summed E-state index contributed by atoms with van der Waals surface area (Å²) in [5.41, 5.74) is 0.0669. The standard InChI is InChI=1S/C13H20N2O2S/c16-11(17)5-1-4-8-15-13(6-2-3-7-13)12-14-9-10-18-12/h9-10,15H,1-8H2,(H,16,17). The highest BCUT2D eigenvalue weighted by Gasteiger charge is 2.36. The van der Waals surface area contributed by atoms with E-state index >= 15 is 0 Å². The van der Waals surface area contributed by atoms with Crippen LogP contribution in [0.1, 0.15) is 50.0 Å². The number of thiazole rings is 1. The Labute approximate surface area is 111 Å². The number of hydrogen-bond acceptors (Lipinski definition) is 4. The molecular weight excluding hydrogens is 248 g/mol. The van der Waals surface area contributed by atoms with Crippen LogP contribution >= 0.6 is 11.3 Å². The van der Waals surface area contributed by atoms with E-state index in [0.29, 0.717) is 0 Å². The van der Waals surface area contributed by atoms with Crippen LogP contribution in [-0.2, 0) is 10.3 Å². The Balaban J connectivity index is 1.82. The van der Waals surface area contributed by atoms with Crippen LogP contribution < -0.4 is 5.32 Å². The van der Waals surface area contributed by atoms with Crippen molar-refractivity contribution in [1.82, 2.24) is 10.3 Å². The summed E-state index contributed by atoms with van der Waals surface area (Å²) in [4.78, 5) is 14.9. The van der Waals surface area contributed by atoms with Crippen molar-refractivity contribution < 1.29 is 9.90 Å². The van der Waals surface area contributed by atoms with Crippen molar-refractivity contribution in [3.8, 4) is 0 Å². The van der Waals surface area contributed by atoms with Crippen molar-refractivity contribution in [3.05, 3.63) is 16.6 Å². The zero-order valence-corrected chi connectivity index (χ0v) is 11.3. The molecule has 1 fully saturated rings. The Hall–Kier alpha value is -0.940. The summed E-state index contributed by atoms with van der Waals surface area (Å²) in [5, 5.41) is 15.4. The van der Waals surface area contributed by atoms with Gasteiger partial charge in [0.1, 0.15) is 5.01 Å². The molecule has 2 N–H and O–H groups in total. The van der Waals surface area contributed by atoms with Gasteiger partial charge in [0.05, 0.1) is 5.54 Å². The van der Waals surface area contributed by atoms with Gasteiger partial charge in [-0.3, -0.25) is 4.79 Å².